The Labute approximate surface area is 172 Å². The van der Waals surface area contributed by atoms with Crippen molar-refractivity contribution in [2.45, 2.75) is 25.6 Å². The molecule has 4 nitrogen and oxygen atoms in total. The van der Waals surface area contributed by atoms with E-state index in [2.05, 4.69) is 14.7 Å². The van der Waals surface area contributed by atoms with Gasteiger partial charge in [0.25, 0.3) is 0 Å². The number of halogens is 3. The summed E-state index contributed by atoms with van der Waals surface area (Å²) in [6.45, 7) is 0.759. The summed E-state index contributed by atoms with van der Waals surface area (Å²) in [5.74, 6) is -0.226. The Bertz CT molecular complexity index is 1040. The topological polar surface area (TPSA) is 50.3 Å². The summed E-state index contributed by atoms with van der Waals surface area (Å²) in [6.07, 6.45) is 3.07. The Balaban J connectivity index is 1.70. The predicted molar refractivity (Wildman–Crippen MR) is 109 cm³/mol. The molecule has 0 fully saturated rings. The molecule has 0 saturated carbocycles. The van der Waals surface area contributed by atoms with Crippen LogP contribution in [0.2, 0.25) is 0 Å². The van der Waals surface area contributed by atoms with Gasteiger partial charge in [-0.2, -0.15) is 0 Å². The molecule has 0 radical (unpaired) electrons. The van der Waals surface area contributed by atoms with Crippen LogP contribution in [0.15, 0.2) is 77.7 Å². The number of aliphatic imine (C=N–C) groups is 1. The fourth-order valence-corrected chi connectivity index (χ4v) is 3.62. The van der Waals surface area contributed by atoms with Crippen molar-refractivity contribution >= 4 is 11.3 Å². The molecule has 0 atom stereocenters. The van der Waals surface area contributed by atoms with Crippen LogP contribution in [-0.2, 0) is 6.42 Å². The number of nitrogens with one attached hydrogen (secondary N) is 1. The van der Waals surface area contributed by atoms with Crippen LogP contribution in [-0.4, -0.2) is 28.6 Å². The van der Waals surface area contributed by atoms with Crippen LogP contribution in [0.3, 0.4) is 0 Å². The van der Waals surface area contributed by atoms with Gasteiger partial charge in [-0.25, -0.2) is 0 Å². The van der Waals surface area contributed by atoms with Crippen LogP contribution in [0.4, 0.5) is 13.2 Å². The van der Waals surface area contributed by atoms with Gasteiger partial charge in [0.05, 0.1) is 5.71 Å². The maximum Gasteiger partial charge on any atom is 0.573 e. The van der Waals surface area contributed by atoms with Gasteiger partial charge in [0.1, 0.15) is 5.75 Å². The van der Waals surface area contributed by atoms with Crippen molar-refractivity contribution in [2.75, 3.05) is 6.54 Å². The maximum absolute atomic E-state index is 12.4. The molecule has 3 aromatic rings. The van der Waals surface area contributed by atoms with E-state index in [0.717, 1.165) is 53.1 Å². The number of pyridine rings is 1. The van der Waals surface area contributed by atoms with Crippen molar-refractivity contribution in [3.63, 3.8) is 0 Å². The number of H-pyrrole nitrogens is 1. The highest BCUT2D eigenvalue weighted by molar-refractivity contribution is 6.16. The number of hydrogen-bond acceptors (Lipinski definition) is 3. The van der Waals surface area contributed by atoms with Crippen molar-refractivity contribution in [3.8, 4) is 5.75 Å². The van der Waals surface area contributed by atoms with E-state index in [4.69, 9.17) is 4.99 Å². The first kappa shape index (κ1) is 19.9. The average molecular weight is 411 g/mol. The van der Waals surface area contributed by atoms with E-state index in [1.807, 2.05) is 30.5 Å². The van der Waals surface area contributed by atoms with E-state index >= 15 is 0 Å². The van der Waals surface area contributed by atoms with E-state index in [0.29, 0.717) is 6.42 Å². The third-order valence-corrected chi connectivity index (χ3v) is 4.90. The normalized spacial score (nSPS) is 16.2. The lowest BCUT2D eigenvalue weighted by atomic mass is 9.88. The third kappa shape index (κ3) is 4.79. The highest BCUT2D eigenvalue weighted by atomic mass is 19.4. The van der Waals surface area contributed by atoms with E-state index in [9.17, 15) is 13.2 Å². The first-order valence-corrected chi connectivity index (χ1v) is 9.65. The Morgan fingerprint density at radius 1 is 1.07 bits per heavy atom. The molecule has 30 heavy (non-hydrogen) atoms. The van der Waals surface area contributed by atoms with Crippen molar-refractivity contribution in [1.29, 1.82) is 0 Å². The smallest absolute Gasteiger partial charge is 0.406 e. The number of hydrogen-bond donors (Lipinski definition) is 1. The second-order valence-corrected chi connectivity index (χ2v) is 6.99. The average Bonchev–Trinajstić information content (AvgIpc) is 3.27. The van der Waals surface area contributed by atoms with Gasteiger partial charge in [0.15, 0.2) is 0 Å². The number of rotatable bonds is 5. The predicted octanol–water partition coefficient (Wildman–Crippen LogP) is 5.59. The summed E-state index contributed by atoms with van der Waals surface area (Å²) in [5.41, 5.74) is 5.96. The van der Waals surface area contributed by atoms with Gasteiger partial charge in [-0.3, -0.25) is 9.98 Å². The van der Waals surface area contributed by atoms with Gasteiger partial charge < -0.3 is 9.72 Å². The van der Waals surface area contributed by atoms with Gasteiger partial charge in [-0.05, 0) is 72.4 Å². The highest BCUT2D eigenvalue weighted by Crippen LogP contribution is 2.31. The fraction of sp³-hybridized carbons (Fsp3) is 0.217. The number of allylic oxidation sites excluding steroid dienone is 2. The number of benzene rings is 1. The summed E-state index contributed by atoms with van der Waals surface area (Å²) in [4.78, 5) is 12.3. The first-order valence-electron chi connectivity index (χ1n) is 9.65. The van der Waals surface area contributed by atoms with Gasteiger partial charge in [0.2, 0.25) is 0 Å². The van der Waals surface area contributed by atoms with Gasteiger partial charge in [-0.1, -0.05) is 12.1 Å². The zero-order valence-corrected chi connectivity index (χ0v) is 16.1. The van der Waals surface area contributed by atoms with Crippen molar-refractivity contribution < 1.29 is 17.9 Å². The lowest BCUT2D eigenvalue weighted by Crippen LogP contribution is -2.17. The van der Waals surface area contributed by atoms with Crippen molar-refractivity contribution in [3.05, 3.63) is 89.5 Å². The van der Waals surface area contributed by atoms with Crippen LogP contribution < -0.4 is 4.74 Å². The van der Waals surface area contributed by atoms with Crippen LogP contribution in [0.25, 0.3) is 5.57 Å². The number of aromatic nitrogens is 2. The molecule has 0 aliphatic carbocycles. The summed E-state index contributed by atoms with van der Waals surface area (Å²) in [6, 6.07) is 13.8. The van der Waals surface area contributed by atoms with Crippen LogP contribution in [0.1, 0.15) is 29.7 Å². The summed E-state index contributed by atoms with van der Waals surface area (Å²) < 4.78 is 41.3. The molecule has 1 aromatic carbocycles. The molecular weight excluding hydrogens is 391 g/mol. The zero-order valence-electron chi connectivity index (χ0n) is 16.1. The van der Waals surface area contributed by atoms with E-state index < -0.39 is 6.36 Å². The van der Waals surface area contributed by atoms with Gasteiger partial charge in [-0.15, -0.1) is 13.2 Å². The molecule has 7 heteroatoms. The highest BCUT2D eigenvalue weighted by Gasteiger charge is 2.31. The minimum Gasteiger partial charge on any atom is -0.406 e. The Kier molecular flexibility index (Phi) is 5.70. The van der Waals surface area contributed by atoms with Crippen molar-refractivity contribution in [2.24, 2.45) is 4.99 Å². The molecule has 0 bridgehead atoms. The van der Waals surface area contributed by atoms with Crippen LogP contribution in [0.5, 0.6) is 5.75 Å². The standard InChI is InChI=1S/C23H20F3N3O/c24-23(25,26)30-18-9-7-16(8-10-18)14-20(21-6-3-12-28-21)19-5-2-13-29-22(19)17-4-1-11-27-15-17/h1,3-4,6-12,15,28H,2,5,13-14H2. The molecule has 3 heterocycles. The zero-order chi connectivity index (χ0) is 21.0. The molecule has 0 saturated heterocycles. The molecule has 2 aromatic heterocycles. The van der Waals surface area contributed by atoms with Crippen LogP contribution in [0, 0.1) is 0 Å². The van der Waals surface area contributed by atoms with E-state index in [1.165, 1.54) is 12.1 Å². The lowest BCUT2D eigenvalue weighted by Gasteiger charge is -2.21. The molecule has 1 aliphatic heterocycles. The minimum atomic E-state index is -4.70. The molecule has 154 valence electrons. The molecule has 4 rings (SSSR count). The second-order valence-electron chi connectivity index (χ2n) is 6.99. The summed E-state index contributed by atoms with van der Waals surface area (Å²) in [7, 11) is 0. The largest absolute Gasteiger partial charge is 0.573 e. The fourth-order valence-electron chi connectivity index (χ4n) is 3.62. The van der Waals surface area contributed by atoms with E-state index in [1.54, 1.807) is 24.5 Å². The minimum absolute atomic E-state index is 0.226. The molecule has 0 amide bonds. The Hall–Kier alpha value is -3.35. The SMILES string of the molecule is FC(F)(F)Oc1ccc(CC(=C2CCCN=C2c2cccnc2)c2ccc[nH]2)cc1. The second kappa shape index (κ2) is 8.57. The van der Waals surface area contributed by atoms with E-state index in [-0.39, 0.29) is 5.75 Å². The molecule has 1 aliphatic rings. The van der Waals surface area contributed by atoms with Crippen LogP contribution >= 0.6 is 0 Å². The first-order chi connectivity index (χ1) is 14.5. The molecular formula is C23H20F3N3O. The quantitative estimate of drug-likeness (QED) is 0.595. The van der Waals surface area contributed by atoms with Gasteiger partial charge in [0, 0.05) is 36.4 Å². The Morgan fingerprint density at radius 3 is 2.57 bits per heavy atom. The number of nitrogens with zero attached hydrogens (tertiary/aromatic N) is 2. The summed E-state index contributed by atoms with van der Waals surface area (Å²) >= 11 is 0. The number of ether oxygens (including phenoxy) is 1. The molecule has 0 unspecified atom stereocenters. The van der Waals surface area contributed by atoms with Crippen molar-refractivity contribution in [1.82, 2.24) is 9.97 Å². The number of alkyl halides is 3. The third-order valence-electron chi connectivity index (χ3n) is 4.90. The molecule has 0 spiro atoms. The summed E-state index contributed by atoms with van der Waals surface area (Å²) in [5, 5.41) is 0. The lowest BCUT2D eigenvalue weighted by molar-refractivity contribution is -0.274. The maximum atomic E-state index is 12.4. The molecule has 1 N–H and O–H groups in total. The number of aromatic amines is 1. The van der Waals surface area contributed by atoms with Gasteiger partial charge >= 0.3 is 6.36 Å². The Morgan fingerprint density at radius 2 is 1.90 bits per heavy atom. The monoisotopic (exact) mass is 411 g/mol.